The highest BCUT2D eigenvalue weighted by Gasteiger charge is 2.18. The second kappa shape index (κ2) is 6.89. The average Bonchev–Trinajstić information content (AvgIpc) is 3.24. The molecule has 1 atom stereocenters. The molecule has 22 heavy (non-hydrogen) atoms. The SMILES string of the molecule is COc1ccc(-c2nc(C(=O)NC[C@H]3CCCO3)cs2)cc1. The fraction of sp³-hybridized carbons (Fsp3) is 0.375. The van der Waals surface area contributed by atoms with E-state index in [9.17, 15) is 4.79 Å². The molecule has 1 aromatic heterocycles. The highest BCUT2D eigenvalue weighted by Crippen LogP contribution is 2.25. The van der Waals surface area contributed by atoms with E-state index in [1.54, 1.807) is 12.5 Å². The zero-order valence-electron chi connectivity index (χ0n) is 12.4. The Balaban J connectivity index is 1.63. The normalized spacial score (nSPS) is 17.4. The molecule has 0 radical (unpaired) electrons. The average molecular weight is 318 g/mol. The molecule has 1 saturated heterocycles. The van der Waals surface area contributed by atoms with E-state index in [1.807, 2.05) is 24.3 Å². The first kappa shape index (κ1) is 15.0. The fourth-order valence-corrected chi connectivity index (χ4v) is 3.15. The summed E-state index contributed by atoms with van der Waals surface area (Å²) in [6, 6.07) is 7.64. The van der Waals surface area contributed by atoms with Gasteiger partial charge in [-0.15, -0.1) is 11.3 Å². The van der Waals surface area contributed by atoms with Gasteiger partial charge in [-0.2, -0.15) is 0 Å². The number of aromatic nitrogens is 1. The third kappa shape index (κ3) is 3.45. The Bertz CT molecular complexity index is 633. The molecule has 0 bridgehead atoms. The van der Waals surface area contributed by atoms with Crippen molar-refractivity contribution < 1.29 is 14.3 Å². The van der Waals surface area contributed by atoms with Crippen molar-refractivity contribution in [1.82, 2.24) is 10.3 Å². The summed E-state index contributed by atoms with van der Waals surface area (Å²) in [6.07, 6.45) is 2.22. The van der Waals surface area contributed by atoms with Crippen LogP contribution in [0, 0.1) is 0 Å². The van der Waals surface area contributed by atoms with Crippen LogP contribution in [0.1, 0.15) is 23.3 Å². The molecule has 5 nitrogen and oxygen atoms in total. The predicted octanol–water partition coefficient (Wildman–Crippen LogP) is 2.73. The topological polar surface area (TPSA) is 60.5 Å². The Morgan fingerprint density at radius 3 is 2.95 bits per heavy atom. The molecule has 1 fully saturated rings. The summed E-state index contributed by atoms with van der Waals surface area (Å²) in [7, 11) is 1.63. The third-order valence-corrected chi connectivity index (χ3v) is 4.48. The molecular formula is C16H18N2O3S. The van der Waals surface area contributed by atoms with Crippen molar-refractivity contribution in [2.45, 2.75) is 18.9 Å². The maximum absolute atomic E-state index is 12.1. The third-order valence-electron chi connectivity index (χ3n) is 3.59. The van der Waals surface area contributed by atoms with Gasteiger partial charge < -0.3 is 14.8 Å². The fourth-order valence-electron chi connectivity index (χ4n) is 2.35. The predicted molar refractivity (Wildman–Crippen MR) is 85.4 cm³/mol. The number of carbonyl (C=O) groups is 1. The number of hydrogen-bond acceptors (Lipinski definition) is 5. The molecule has 1 aliphatic rings. The maximum atomic E-state index is 12.1. The molecule has 6 heteroatoms. The minimum Gasteiger partial charge on any atom is -0.497 e. The summed E-state index contributed by atoms with van der Waals surface area (Å²) in [6.45, 7) is 1.34. The summed E-state index contributed by atoms with van der Waals surface area (Å²) in [4.78, 5) is 16.5. The summed E-state index contributed by atoms with van der Waals surface area (Å²) in [5, 5.41) is 5.49. The molecule has 1 amide bonds. The number of rotatable bonds is 5. The van der Waals surface area contributed by atoms with Crippen LogP contribution in [-0.2, 0) is 4.74 Å². The Labute approximate surface area is 133 Å². The van der Waals surface area contributed by atoms with Crippen molar-refractivity contribution >= 4 is 17.2 Å². The zero-order chi connectivity index (χ0) is 15.4. The molecule has 3 rings (SSSR count). The van der Waals surface area contributed by atoms with Gasteiger partial charge in [0.15, 0.2) is 0 Å². The first-order valence-corrected chi connectivity index (χ1v) is 8.14. The van der Waals surface area contributed by atoms with E-state index in [2.05, 4.69) is 10.3 Å². The summed E-state index contributed by atoms with van der Waals surface area (Å²) < 4.78 is 10.6. The molecule has 1 aromatic carbocycles. The van der Waals surface area contributed by atoms with Crippen molar-refractivity contribution in [3.63, 3.8) is 0 Å². The van der Waals surface area contributed by atoms with Gasteiger partial charge >= 0.3 is 0 Å². The second-order valence-corrected chi connectivity index (χ2v) is 5.97. The quantitative estimate of drug-likeness (QED) is 0.921. The Kier molecular flexibility index (Phi) is 4.70. The van der Waals surface area contributed by atoms with Crippen LogP contribution in [0.25, 0.3) is 10.6 Å². The van der Waals surface area contributed by atoms with Crippen LogP contribution in [-0.4, -0.2) is 37.3 Å². The molecule has 0 unspecified atom stereocenters. The molecule has 1 aliphatic heterocycles. The highest BCUT2D eigenvalue weighted by atomic mass is 32.1. The Morgan fingerprint density at radius 2 is 2.27 bits per heavy atom. The van der Waals surface area contributed by atoms with Crippen molar-refractivity contribution in [3.05, 3.63) is 35.3 Å². The molecule has 116 valence electrons. The number of methoxy groups -OCH3 is 1. The molecule has 0 aliphatic carbocycles. The zero-order valence-corrected chi connectivity index (χ0v) is 13.2. The van der Waals surface area contributed by atoms with E-state index in [1.165, 1.54) is 11.3 Å². The first-order chi connectivity index (χ1) is 10.8. The van der Waals surface area contributed by atoms with Crippen molar-refractivity contribution in [2.75, 3.05) is 20.3 Å². The second-order valence-electron chi connectivity index (χ2n) is 5.11. The standard InChI is InChI=1S/C16H18N2O3S/c1-20-12-6-4-11(5-7-12)16-18-14(10-22-16)15(19)17-9-13-3-2-8-21-13/h4-7,10,13H,2-3,8-9H2,1H3,(H,17,19)/t13-/m1/s1. The number of benzene rings is 1. The molecule has 0 saturated carbocycles. The van der Waals surface area contributed by atoms with Gasteiger partial charge in [-0.3, -0.25) is 4.79 Å². The minimum atomic E-state index is -0.147. The van der Waals surface area contributed by atoms with Gasteiger partial charge in [0.05, 0.1) is 13.2 Å². The Hall–Kier alpha value is -1.92. The minimum absolute atomic E-state index is 0.142. The number of ether oxygens (including phenoxy) is 2. The number of carbonyl (C=O) groups excluding carboxylic acids is 1. The van der Waals surface area contributed by atoms with Gasteiger partial charge in [0, 0.05) is 24.1 Å². The van der Waals surface area contributed by atoms with Crippen LogP contribution in [0.15, 0.2) is 29.6 Å². The lowest BCUT2D eigenvalue weighted by atomic mass is 10.2. The van der Waals surface area contributed by atoms with Crippen molar-refractivity contribution in [3.8, 4) is 16.3 Å². The highest BCUT2D eigenvalue weighted by molar-refractivity contribution is 7.13. The number of thiazole rings is 1. The van der Waals surface area contributed by atoms with Crippen LogP contribution in [0.3, 0.4) is 0 Å². The van der Waals surface area contributed by atoms with Gasteiger partial charge in [0.25, 0.3) is 5.91 Å². The number of amides is 1. The van der Waals surface area contributed by atoms with Crippen LogP contribution in [0.4, 0.5) is 0 Å². The molecule has 2 heterocycles. The monoisotopic (exact) mass is 318 g/mol. The lowest BCUT2D eigenvalue weighted by Gasteiger charge is -2.09. The van der Waals surface area contributed by atoms with Gasteiger partial charge in [-0.25, -0.2) is 4.98 Å². The van der Waals surface area contributed by atoms with Gasteiger partial charge in [0.2, 0.25) is 0 Å². The summed E-state index contributed by atoms with van der Waals surface area (Å²) >= 11 is 1.46. The number of nitrogens with zero attached hydrogens (tertiary/aromatic N) is 1. The van der Waals surface area contributed by atoms with E-state index < -0.39 is 0 Å². The van der Waals surface area contributed by atoms with Gasteiger partial charge in [-0.1, -0.05) is 0 Å². The van der Waals surface area contributed by atoms with Crippen molar-refractivity contribution in [1.29, 1.82) is 0 Å². The molecule has 0 spiro atoms. The van der Waals surface area contributed by atoms with Crippen LogP contribution in [0.2, 0.25) is 0 Å². The number of nitrogens with one attached hydrogen (secondary N) is 1. The lowest BCUT2D eigenvalue weighted by Crippen LogP contribution is -2.31. The molecular weight excluding hydrogens is 300 g/mol. The molecule has 2 aromatic rings. The summed E-state index contributed by atoms with van der Waals surface area (Å²) in [5.74, 6) is 0.654. The first-order valence-electron chi connectivity index (χ1n) is 7.26. The van der Waals surface area contributed by atoms with E-state index in [0.717, 1.165) is 35.8 Å². The smallest absolute Gasteiger partial charge is 0.270 e. The van der Waals surface area contributed by atoms with E-state index in [0.29, 0.717) is 12.2 Å². The van der Waals surface area contributed by atoms with Crippen LogP contribution < -0.4 is 10.1 Å². The van der Waals surface area contributed by atoms with E-state index in [-0.39, 0.29) is 12.0 Å². The van der Waals surface area contributed by atoms with Crippen molar-refractivity contribution in [2.24, 2.45) is 0 Å². The van der Waals surface area contributed by atoms with E-state index >= 15 is 0 Å². The lowest BCUT2D eigenvalue weighted by molar-refractivity contribution is 0.0854. The largest absolute Gasteiger partial charge is 0.497 e. The molecule has 1 N–H and O–H groups in total. The number of hydrogen-bond donors (Lipinski definition) is 1. The van der Waals surface area contributed by atoms with Crippen LogP contribution >= 0.6 is 11.3 Å². The van der Waals surface area contributed by atoms with E-state index in [4.69, 9.17) is 9.47 Å². The summed E-state index contributed by atoms with van der Waals surface area (Å²) in [5.41, 5.74) is 1.43. The van der Waals surface area contributed by atoms with Gasteiger partial charge in [-0.05, 0) is 37.1 Å². The maximum Gasteiger partial charge on any atom is 0.270 e. The van der Waals surface area contributed by atoms with Gasteiger partial charge in [0.1, 0.15) is 16.5 Å². The Morgan fingerprint density at radius 1 is 1.45 bits per heavy atom. The van der Waals surface area contributed by atoms with Crippen LogP contribution in [0.5, 0.6) is 5.75 Å².